The number of hydrogen-bond donors (Lipinski definition) is 2. The van der Waals surface area contributed by atoms with Gasteiger partial charge in [0.25, 0.3) is 0 Å². The molecule has 1 heterocycles. The van der Waals surface area contributed by atoms with Gasteiger partial charge in [0.05, 0.1) is 12.2 Å². The van der Waals surface area contributed by atoms with Crippen LogP contribution in [0.2, 0.25) is 0 Å². The van der Waals surface area contributed by atoms with E-state index in [1.165, 1.54) is 11.3 Å². The van der Waals surface area contributed by atoms with E-state index >= 15 is 0 Å². The molecule has 1 aromatic rings. The van der Waals surface area contributed by atoms with Gasteiger partial charge in [-0.05, 0) is 38.3 Å². The van der Waals surface area contributed by atoms with Gasteiger partial charge in [-0.3, -0.25) is 4.79 Å². The van der Waals surface area contributed by atoms with Gasteiger partial charge in [-0.15, -0.1) is 11.3 Å². The molecule has 0 aromatic carbocycles. The van der Waals surface area contributed by atoms with Gasteiger partial charge in [-0.2, -0.15) is 0 Å². The molecule has 1 atom stereocenters. The molecular formula is C15H24N2O3S. The predicted octanol–water partition coefficient (Wildman–Crippen LogP) is 2.72. The quantitative estimate of drug-likeness (QED) is 0.759. The number of nitrogens with two attached hydrogens (primary N) is 1. The van der Waals surface area contributed by atoms with Crippen LogP contribution in [0.5, 0.6) is 0 Å². The second-order valence-electron chi connectivity index (χ2n) is 5.01. The van der Waals surface area contributed by atoms with Crippen molar-refractivity contribution in [2.24, 2.45) is 11.7 Å². The molecule has 0 fully saturated rings. The van der Waals surface area contributed by atoms with E-state index < -0.39 is 0 Å². The third-order valence-electron chi connectivity index (χ3n) is 3.23. The number of carbonyl (C=O) groups is 2. The Kier molecular flexibility index (Phi) is 6.84. The number of anilines is 1. The Balaban J connectivity index is 3.01. The molecule has 1 aromatic heterocycles. The van der Waals surface area contributed by atoms with Gasteiger partial charge in [0.2, 0.25) is 5.91 Å². The van der Waals surface area contributed by atoms with Crippen molar-refractivity contribution in [2.75, 3.05) is 18.5 Å². The fourth-order valence-electron chi connectivity index (χ4n) is 2.09. The minimum Gasteiger partial charge on any atom is -0.462 e. The summed E-state index contributed by atoms with van der Waals surface area (Å²) in [5.74, 6) is -0.383. The molecule has 0 aliphatic heterocycles. The van der Waals surface area contributed by atoms with Gasteiger partial charge in [0, 0.05) is 11.3 Å². The summed E-state index contributed by atoms with van der Waals surface area (Å²) in [6.45, 7) is 8.40. The monoisotopic (exact) mass is 312 g/mol. The molecule has 1 amide bonds. The van der Waals surface area contributed by atoms with Crippen LogP contribution in [0.25, 0.3) is 0 Å². The molecule has 3 N–H and O–H groups in total. The van der Waals surface area contributed by atoms with Crippen LogP contribution in [-0.2, 0) is 16.0 Å². The van der Waals surface area contributed by atoms with Crippen LogP contribution in [0.3, 0.4) is 0 Å². The molecule has 0 aliphatic carbocycles. The van der Waals surface area contributed by atoms with E-state index in [1.807, 2.05) is 20.8 Å². The molecule has 1 unspecified atom stereocenters. The molecule has 0 spiro atoms. The highest BCUT2D eigenvalue weighted by atomic mass is 32.1. The fourth-order valence-corrected chi connectivity index (χ4v) is 3.24. The molecule has 0 bridgehead atoms. The average Bonchev–Trinajstić information content (AvgIpc) is 2.74. The fraction of sp³-hybridized carbons (Fsp3) is 0.600. The number of ether oxygens (including phenoxy) is 1. The van der Waals surface area contributed by atoms with Crippen LogP contribution in [0.1, 0.15) is 48.0 Å². The van der Waals surface area contributed by atoms with Gasteiger partial charge in [-0.1, -0.05) is 13.8 Å². The van der Waals surface area contributed by atoms with Crippen molar-refractivity contribution in [3.8, 4) is 0 Å². The SMILES string of the molecule is CCOC(=O)c1c(NC(=O)CC(C)CN)sc(C)c1CC. The maximum atomic E-state index is 12.1. The summed E-state index contributed by atoms with van der Waals surface area (Å²) in [6, 6.07) is 0. The Morgan fingerprint density at radius 1 is 1.38 bits per heavy atom. The second-order valence-corrected chi connectivity index (χ2v) is 6.23. The Morgan fingerprint density at radius 2 is 2.05 bits per heavy atom. The van der Waals surface area contributed by atoms with Gasteiger partial charge in [0.1, 0.15) is 5.00 Å². The summed E-state index contributed by atoms with van der Waals surface area (Å²) in [5.41, 5.74) is 6.97. The lowest BCUT2D eigenvalue weighted by molar-refractivity contribution is -0.116. The van der Waals surface area contributed by atoms with E-state index in [-0.39, 0.29) is 17.8 Å². The van der Waals surface area contributed by atoms with Crippen molar-refractivity contribution in [1.82, 2.24) is 0 Å². The minimum absolute atomic E-state index is 0.114. The Morgan fingerprint density at radius 3 is 2.57 bits per heavy atom. The van der Waals surface area contributed by atoms with Crippen LogP contribution in [-0.4, -0.2) is 25.0 Å². The first kappa shape index (κ1) is 17.7. The number of thiophene rings is 1. The van der Waals surface area contributed by atoms with E-state index in [9.17, 15) is 9.59 Å². The van der Waals surface area contributed by atoms with Crippen LogP contribution < -0.4 is 11.1 Å². The summed E-state index contributed by atoms with van der Waals surface area (Å²) < 4.78 is 5.10. The van der Waals surface area contributed by atoms with Gasteiger partial charge in [-0.25, -0.2) is 4.79 Å². The normalized spacial score (nSPS) is 12.0. The zero-order chi connectivity index (χ0) is 16.0. The van der Waals surface area contributed by atoms with Crippen molar-refractivity contribution in [3.63, 3.8) is 0 Å². The third kappa shape index (κ3) is 4.54. The van der Waals surface area contributed by atoms with E-state index in [1.54, 1.807) is 6.92 Å². The van der Waals surface area contributed by atoms with E-state index in [0.29, 0.717) is 30.1 Å². The third-order valence-corrected chi connectivity index (χ3v) is 4.29. The largest absolute Gasteiger partial charge is 0.462 e. The summed E-state index contributed by atoms with van der Waals surface area (Å²) in [4.78, 5) is 25.2. The first-order chi connectivity index (χ1) is 9.94. The highest BCUT2D eigenvalue weighted by Crippen LogP contribution is 2.34. The van der Waals surface area contributed by atoms with Gasteiger partial charge < -0.3 is 15.8 Å². The highest BCUT2D eigenvalue weighted by Gasteiger charge is 2.23. The lowest BCUT2D eigenvalue weighted by atomic mass is 10.1. The van der Waals surface area contributed by atoms with E-state index in [4.69, 9.17) is 10.5 Å². The van der Waals surface area contributed by atoms with Gasteiger partial charge in [0.15, 0.2) is 0 Å². The lowest BCUT2D eigenvalue weighted by Crippen LogP contribution is -2.20. The van der Waals surface area contributed by atoms with Crippen molar-refractivity contribution < 1.29 is 14.3 Å². The Hall–Kier alpha value is -1.40. The molecular weight excluding hydrogens is 288 g/mol. The maximum absolute atomic E-state index is 12.1. The predicted molar refractivity (Wildman–Crippen MR) is 85.9 cm³/mol. The molecule has 5 nitrogen and oxygen atoms in total. The molecule has 1 rings (SSSR count). The zero-order valence-corrected chi connectivity index (χ0v) is 13.9. The highest BCUT2D eigenvalue weighted by molar-refractivity contribution is 7.16. The average molecular weight is 312 g/mol. The Bertz CT molecular complexity index is 511. The van der Waals surface area contributed by atoms with Crippen molar-refractivity contribution in [3.05, 3.63) is 16.0 Å². The molecule has 0 saturated carbocycles. The molecule has 0 radical (unpaired) electrons. The Labute approximate surface area is 129 Å². The van der Waals surface area contributed by atoms with Crippen LogP contribution >= 0.6 is 11.3 Å². The van der Waals surface area contributed by atoms with Crippen molar-refractivity contribution >= 4 is 28.2 Å². The number of carbonyl (C=O) groups excluding carboxylic acids is 2. The number of rotatable bonds is 7. The minimum atomic E-state index is -0.374. The summed E-state index contributed by atoms with van der Waals surface area (Å²) >= 11 is 1.42. The number of amides is 1. The topological polar surface area (TPSA) is 81.4 Å². The summed E-state index contributed by atoms with van der Waals surface area (Å²) in [5, 5.41) is 3.41. The number of aryl methyl sites for hydroxylation is 1. The number of hydrogen-bond acceptors (Lipinski definition) is 5. The first-order valence-electron chi connectivity index (χ1n) is 7.23. The molecule has 0 aliphatic rings. The number of nitrogens with one attached hydrogen (secondary N) is 1. The smallest absolute Gasteiger partial charge is 0.341 e. The van der Waals surface area contributed by atoms with Crippen LogP contribution in [0.15, 0.2) is 0 Å². The summed E-state index contributed by atoms with van der Waals surface area (Å²) in [7, 11) is 0. The first-order valence-corrected chi connectivity index (χ1v) is 8.05. The standard InChI is InChI=1S/C15H24N2O3S/c1-5-11-10(4)21-14(13(11)15(19)20-6-2)17-12(18)7-9(3)8-16/h9H,5-8,16H2,1-4H3,(H,17,18). The summed E-state index contributed by atoms with van der Waals surface area (Å²) in [6.07, 6.45) is 1.07. The van der Waals surface area contributed by atoms with E-state index in [2.05, 4.69) is 5.32 Å². The van der Waals surface area contributed by atoms with Crippen molar-refractivity contribution in [2.45, 2.75) is 40.5 Å². The second kappa shape index (κ2) is 8.14. The zero-order valence-electron chi connectivity index (χ0n) is 13.1. The van der Waals surface area contributed by atoms with Crippen molar-refractivity contribution in [1.29, 1.82) is 0 Å². The van der Waals surface area contributed by atoms with Crippen LogP contribution in [0.4, 0.5) is 5.00 Å². The molecule has 0 saturated heterocycles. The van der Waals surface area contributed by atoms with E-state index in [0.717, 1.165) is 16.9 Å². The van der Waals surface area contributed by atoms with Crippen LogP contribution in [0, 0.1) is 12.8 Å². The lowest BCUT2D eigenvalue weighted by Gasteiger charge is -2.10. The molecule has 21 heavy (non-hydrogen) atoms. The molecule has 118 valence electrons. The number of esters is 1. The molecule has 6 heteroatoms. The maximum Gasteiger partial charge on any atom is 0.341 e. The van der Waals surface area contributed by atoms with Gasteiger partial charge >= 0.3 is 5.97 Å².